The first-order valence-corrected chi connectivity index (χ1v) is 4.61. The smallest absolute Gasteiger partial charge is 0.206 e. The lowest BCUT2D eigenvalue weighted by Crippen LogP contribution is -1.93. The van der Waals surface area contributed by atoms with Gasteiger partial charge in [0.25, 0.3) is 5.92 Å². The quantitative estimate of drug-likeness (QED) is 0.510. The maximum atomic E-state index is 12.9. The fourth-order valence-corrected chi connectivity index (χ4v) is 2.33. The van der Waals surface area contributed by atoms with Crippen LogP contribution in [0.15, 0.2) is 0 Å². The molecule has 0 bridgehead atoms. The van der Waals surface area contributed by atoms with Crippen LogP contribution in [-0.2, 0) is 0 Å². The first-order valence-electron chi connectivity index (χ1n) is 4.61. The van der Waals surface area contributed by atoms with Gasteiger partial charge in [-0.1, -0.05) is 25.7 Å². The number of rotatable bonds is 0. The molecule has 2 heteroatoms. The van der Waals surface area contributed by atoms with E-state index in [0.29, 0.717) is 0 Å². The van der Waals surface area contributed by atoms with Gasteiger partial charge in [0, 0.05) is 11.8 Å². The molecule has 0 aromatic rings. The lowest BCUT2D eigenvalue weighted by Gasteiger charge is -2.03. The van der Waals surface area contributed by atoms with Gasteiger partial charge in [-0.25, -0.2) is 8.78 Å². The average molecular weight is 160 g/mol. The van der Waals surface area contributed by atoms with Crippen LogP contribution >= 0.6 is 0 Å². The topological polar surface area (TPSA) is 0 Å². The Morgan fingerprint density at radius 2 is 1.27 bits per heavy atom. The molecule has 0 aromatic heterocycles. The SMILES string of the molecule is FC1(F)[C@@H]2CCCCCC[C@@H]21. The predicted octanol–water partition coefficient (Wildman–Crippen LogP) is 3.22. The standard InChI is InChI=1S/C9H14F2/c10-9(11)7-5-3-1-2-4-6-8(7)9/h7-8H,1-6H2/t7-,8+. The van der Waals surface area contributed by atoms with E-state index in [1.54, 1.807) is 0 Å². The van der Waals surface area contributed by atoms with Crippen LogP contribution in [0, 0.1) is 11.8 Å². The third kappa shape index (κ3) is 1.17. The molecule has 0 spiro atoms. The van der Waals surface area contributed by atoms with E-state index >= 15 is 0 Å². The Hall–Kier alpha value is -0.140. The maximum Gasteiger partial charge on any atom is 0.254 e. The highest BCUT2D eigenvalue weighted by molar-refractivity contribution is 5.05. The van der Waals surface area contributed by atoms with E-state index in [1.165, 1.54) is 12.8 Å². The zero-order valence-electron chi connectivity index (χ0n) is 6.65. The Balaban J connectivity index is 1.95. The maximum absolute atomic E-state index is 12.9. The summed E-state index contributed by atoms with van der Waals surface area (Å²) in [6.07, 6.45) is 5.93. The van der Waals surface area contributed by atoms with Crippen LogP contribution in [0.1, 0.15) is 38.5 Å². The molecule has 2 rings (SSSR count). The van der Waals surface area contributed by atoms with Gasteiger partial charge in [0.05, 0.1) is 0 Å². The summed E-state index contributed by atoms with van der Waals surface area (Å²) in [6, 6.07) is 0. The van der Waals surface area contributed by atoms with Crippen LogP contribution in [0.3, 0.4) is 0 Å². The molecule has 0 heterocycles. The van der Waals surface area contributed by atoms with E-state index in [4.69, 9.17) is 0 Å². The van der Waals surface area contributed by atoms with Gasteiger partial charge < -0.3 is 0 Å². The summed E-state index contributed by atoms with van der Waals surface area (Å²) in [4.78, 5) is 0. The van der Waals surface area contributed by atoms with Crippen LogP contribution in [0.25, 0.3) is 0 Å². The normalized spacial score (nSPS) is 42.0. The van der Waals surface area contributed by atoms with Gasteiger partial charge in [0.2, 0.25) is 0 Å². The molecule has 0 nitrogen and oxygen atoms in total. The molecule has 2 saturated carbocycles. The molecular formula is C9H14F2. The van der Waals surface area contributed by atoms with Gasteiger partial charge in [-0.3, -0.25) is 0 Å². The summed E-state index contributed by atoms with van der Waals surface area (Å²) < 4.78 is 25.7. The van der Waals surface area contributed by atoms with Crippen LogP contribution in [0.2, 0.25) is 0 Å². The monoisotopic (exact) mass is 160 g/mol. The van der Waals surface area contributed by atoms with Gasteiger partial charge in [0.1, 0.15) is 0 Å². The van der Waals surface area contributed by atoms with Crippen molar-refractivity contribution in [2.75, 3.05) is 0 Å². The largest absolute Gasteiger partial charge is 0.254 e. The van der Waals surface area contributed by atoms with Crippen LogP contribution < -0.4 is 0 Å². The molecule has 11 heavy (non-hydrogen) atoms. The van der Waals surface area contributed by atoms with Gasteiger partial charge in [0.15, 0.2) is 0 Å². The van der Waals surface area contributed by atoms with Crippen LogP contribution in [0.4, 0.5) is 8.78 Å². The molecule has 0 radical (unpaired) electrons. The van der Waals surface area contributed by atoms with Gasteiger partial charge in [-0.2, -0.15) is 0 Å². The molecular weight excluding hydrogens is 146 g/mol. The summed E-state index contributed by atoms with van der Waals surface area (Å²) in [5, 5.41) is 0. The highest BCUT2D eigenvalue weighted by Gasteiger charge is 2.66. The molecule has 0 aliphatic heterocycles. The number of halogens is 2. The van der Waals surface area contributed by atoms with E-state index in [2.05, 4.69) is 0 Å². The molecule has 2 aliphatic rings. The van der Waals surface area contributed by atoms with Crippen molar-refractivity contribution in [3.05, 3.63) is 0 Å². The lowest BCUT2D eigenvalue weighted by molar-refractivity contribution is 0.0818. The zero-order chi connectivity index (χ0) is 7.90. The minimum atomic E-state index is -2.27. The van der Waals surface area contributed by atoms with Crippen molar-refractivity contribution >= 4 is 0 Å². The predicted molar refractivity (Wildman–Crippen MR) is 39.6 cm³/mol. The summed E-state index contributed by atoms with van der Waals surface area (Å²) >= 11 is 0. The fraction of sp³-hybridized carbons (Fsp3) is 1.00. The number of alkyl halides is 2. The second-order valence-electron chi connectivity index (χ2n) is 3.88. The lowest BCUT2D eigenvalue weighted by atomic mass is 10.0. The summed E-state index contributed by atoms with van der Waals surface area (Å²) in [5.41, 5.74) is 0. The molecule has 2 aliphatic carbocycles. The third-order valence-electron chi connectivity index (χ3n) is 3.15. The zero-order valence-corrected chi connectivity index (χ0v) is 6.65. The highest BCUT2D eigenvalue weighted by atomic mass is 19.3. The van der Waals surface area contributed by atoms with Crippen molar-refractivity contribution < 1.29 is 8.78 Å². The molecule has 64 valence electrons. The summed E-state index contributed by atoms with van der Waals surface area (Å²) in [6.45, 7) is 0. The minimum absolute atomic E-state index is 0.234. The van der Waals surface area contributed by atoms with Gasteiger partial charge in [-0.15, -0.1) is 0 Å². The van der Waals surface area contributed by atoms with Crippen molar-refractivity contribution in [1.82, 2.24) is 0 Å². The van der Waals surface area contributed by atoms with Crippen molar-refractivity contribution in [2.45, 2.75) is 44.4 Å². The first kappa shape index (κ1) is 7.51. The first-order chi connectivity index (χ1) is 5.23. The second kappa shape index (κ2) is 2.43. The van der Waals surface area contributed by atoms with Crippen LogP contribution in [0.5, 0.6) is 0 Å². The number of fused-ring (bicyclic) bond motifs is 1. The molecule has 0 N–H and O–H groups in total. The minimum Gasteiger partial charge on any atom is -0.206 e. The van der Waals surface area contributed by atoms with E-state index in [9.17, 15) is 8.78 Å². The molecule has 2 fully saturated rings. The Bertz CT molecular complexity index is 138. The Labute approximate surface area is 66.0 Å². The summed E-state index contributed by atoms with van der Waals surface area (Å²) in [7, 11) is 0. The van der Waals surface area contributed by atoms with Crippen molar-refractivity contribution in [3.8, 4) is 0 Å². The summed E-state index contributed by atoms with van der Waals surface area (Å²) in [5.74, 6) is -2.74. The van der Waals surface area contributed by atoms with Crippen molar-refractivity contribution in [1.29, 1.82) is 0 Å². The molecule has 0 saturated heterocycles. The fourth-order valence-electron chi connectivity index (χ4n) is 2.33. The van der Waals surface area contributed by atoms with Gasteiger partial charge in [-0.05, 0) is 12.8 Å². The van der Waals surface area contributed by atoms with E-state index in [-0.39, 0.29) is 11.8 Å². The number of hydrogen-bond donors (Lipinski definition) is 0. The Morgan fingerprint density at radius 1 is 0.818 bits per heavy atom. The highest BCUT2D eigenvalue weighted by Crippen LogP contribution is 2.60. The molecule has 0 aromatic carbocycles. The second-order valence-corrected chi connectivity index (χ2v) is 3.88. The van der Waals surface area contributed by atoms with E-state index < -0.39 is 5.92 Å². The van der Waals surface area contributed by atoms with E-state index in [0.717, 1.165) is 25.7 Å². The number of hydrogen-bond acceptors (Lipinski definition) is 0. The third-order valence-corrected chi connectivity index (χ3v) is 3.15. The molecule has 2 atom stereocenters. The Morgan fingerprint density at radius 3 is 1.73 bits per heavy atom. The van der Waals surface area contributed by atoms with Gasteiger partial charge >= 0.3 is 0 Å². The average Bonchev–Trinajstić information content (AvgIpc) is 2.29. The molecule has 0 amide bonds. The van der Waals surface area contributed by atoms with Crippen LogP contribution in [-0.4, -0.2) is 5.92 Å². The van der Waals surface area contributed by atoms with Crippen molar-refractivity contribution in [2.24, 2.45) is 11.8 Å². The van der Waals surface area contributed by atoms with Crippen molar-refractivity contribution in [3.63, 3.8) is 0 Å². The molecule has 0 unspecified atom stereocenters. The van der Waals surface area contributed by atoms with E-state index in [1.807, 2.05) is 0 Å². The Kier molecular flexibility index (Phi) is 1.66.